The highest BCUT2D eigenvalue weighted by atomic mass is 15.2. The second-order valence-electron chi connectivity index (χ2n) is 4.12. The van der Waals surface area contributed by atoms with Crippen molar-refractivity contribution in [1.82, 2.24) is 10.2 Å². The van der Waals surface area contributed by atoms with E-state index in [1.54, 1.807) is 0 Å². The molecule has 14 heavy (non-hydrogen) atoms. The first-order valence-electron chi connectivity index (χ1n) is 5.94. The standard InChI is InChI=1S/C12H24N2/c1-3-8-13-9-5-11-14(10-4-2)12-6-7-12/h4,12-13H,2-3,5-11H2,1H3. The summed E-state index contributed by atoms with van der Waals surface area (Å²) in [6.45, 7) is 10.6. The topological polar surface area (TPSA) is 15.3 Å². The fourth-order valence-corrected chi connectivity index (χ4v) is 1.74. The molecule has 1 aliphatic rings. The van der Waals surface area contributed by atoms with Crippen LogP contribution in [-0.4, -0.2) is 37.1 Å². The highest BCUT2D eigenvalue weighted by Crippen LogP contribution is 2.26. The monoisotopic (exact) mass is 196 g/mol. The summed E-state index contributed by atoms with van der Waals surface area (Å²) in [6.07, 6.45) is 7.33. The van der Waals surface area contributed by atoms with Crippen molar-refractivity contribution in [1.29, 1.82) is 0 Å². The Hall–Kier alpha value is -0.340. The molecule has 0 saturated heterocycles. The van der Waals surface area contributed by atoms with Gasteiger partial charge in [-0.1, -0.05) is 13.0 Å². The molecular formula is C12H24N2. The average Bonchev–Trinajstić information content (AvgIpc) is 2.99. The van der Waals surface area contributed by atoms with E-state index in [9.17, 15) is 0 Å². The number of hydrogen-bond acceptors (Lipinski definition) is 2. The molecule has 1 aliphatic carbocycles. The zero-order valence-corrected chi connectivity index (χ0v) is 9.47. The molecule has 0 atom stereocenters. The van der Waals surface area contributed by atoms with Crippen LogP contribution >= 0.6 is 0 Å². The van der Waals surface area contributed by atoms with Crippen LogP contribution in [0, 0.1) is 0 Å². The molecule has 0 spiro atoms. The predicted molar refractivity (Wildman–Crippen MR) is 62.6 cm³/mol. The molecule has 1 fully saturated rings. The second-order valence-corrected chi connectivity index (χ2v) is 4.12. The molecule has 0 heterocycles. The van der Waals surface area contributed by atoms with Gasteiger partial charge in [0.05, 0.1) is 0 Å². The fourth-order valence-electron chi connectivity index (χ4n) is 1.74. The average molecular weight is 196 g/mol. The van der Waals surface area contributed by atoms with Gasteiger partial charge >= 0.3 is 0 Å². The molecule has 0 aliphatic heterocycles. The van der Waals surface area contributed by atoms with Crippen LogP contribution in [0.25, 0.3) is 0 Å². The van der Waals surface area contributed by atoms with Gasteiger partial charge in [-0.3, -0.25) is 4.90 Å². The van der Waals surface area contributed by atoms with Crippen molar-refractivity contribution < 1.29 is 0 Å². The maximum Gasteiger partial charge on any atom is 0.0163 e. The smallest absolute Gasteiger partial charge is 0.0163 e. The lowest BCUT2D eigenvalue weighted by atomic mass is 10.3. The Bertz CT molecular complexity index is 152. The summed E-state index contributed by atoms with van der Waals surface area (Å²) in [6, 6.07) is 0.874. The number of nitrogens with zero attached hydrogens (tertiary/aromatic N) is 1. The van der Waals surface area contributed by atoms with Gasteiger partial charge in [0.25, 0.3) is 0 Å². The van der Waals surface area contributed by atoms with E-state index in [0.29, 0.717) is 0 Å². The molecule has 0 aromatic rings. The third-order valence-electron chi connectivity index (χ3n) is 2.65. The summed E-state index contributed by atoms with van der Waals surface area (Å²) in [7, 11) is 0. The van der Waals surface area contributed by atoms with Gasteiger partial charge in [0.15, 0.2) is 0 Å². The van der Waals surface area contributed by atoms with Crippen LogP contribution in [0.15, 0.2) is 12.7 Å². The minimum absolute atomic E-state index is 0.874. The highest BCUT2D eigenvalue weighted by Gasteiger charge is 2.27. The van der Waals surface area contributed by atoms with E-state index in [-0.39, 0.29) is 0 Å². The summed E-state index contributed by atoms with van der Waals surface area (Å²) in [5.41, 5.74) is 0. The Kier molecular flexibility index (Phi) is 5.88. The van der Waals surface area contributed by atoms with E-state index in [1.165, 1.54) is 32.2 Å². The molecule has 0 unspecified atom stereocenters. The van der Waals surface area contributed by atoms with Gasteiger partial charge < -0.3 is 5.32 Å². The molecule has 0 aromatic carbocycles. The van der Waals surface area contributed by atoms with Gasteiger partial charge in [-0.25, -0.2) is 0 Å². The zero-order valence-electron chi connectivity index (χ0n) is 9.47. The number of hydrogen-bond donors (Lipinski definition) is 1. The fraction of sp³-hybridized carbons (Fsp3) is 0.833. The van der Waals surface area contributed by atoms with Crippen LogP contribution in [0.2, 0.25) is 0 Å². The van der Waals surface area contributed by atoms with E-state index in [0.717, 1.165) is 25.7 Å². The molecule has 2 nitrogen and oxygen atoms in total. The first-order chi connectivity index (χ1) is 6.88. The molecule has 0 aromatic heterocycles. The normalized spacial score (nSPS) is 16.1. The summed E-state index contributed by atoms with van der Waals surface area (Å²) in [5, 5.41) is 3.44. The maximum atomic E-state index is 3.81. The first kappa shape index (κ1) is 11.7. The van der Waals surface area contributed by atoms with Crippen molar-refractivity contribution in [2.24, 2.45) is 0 Å². The van der Waals surface area contributed by atoms with E-state index < -0.39 is 0 Å². The van der Waals surface area contributed by atoms with Crippen molar-refractivity contribution >= 4 is 0 Å². The molecule has 82 valence electrons. The lowest BCUT2D eigenvalue weighted by Gasteiger charge is -2.19. The van der Waals surface area contributed by atoms with Crippen LogP contribution < -0.4 is 5.32 Å². The zero-order chi connectivity index (χ0) is 10.2. The van der Waals surface area contributed by atoms with Crippen molar-refractivity contribution in [2.75, 3.05) is 26.2 Å². The third-order valence-corrected chi connectivity index (χ3v) is 2.65. The van der Waals surface area contributed by atoms with Crippen LogP contribution in [0.4, 0.5) is 0 Å². The second kappa shape index (κ2) is 7.02. The molecule has 1 N–H and O–H groups in total. The van der Waals surface area contributed by atoms with Gasteiger partial charge in [0.1, 0.15) is 0 Å². The van der Waals surface area contributed by atoms with Crippen LogP contribution in [0.3, 0.4) is 0 Å². The number of rotatable bonds is 9. The largest absolute Gasteiger partial charge is 0.317 e. The molecular weight excluding hydrogens is 172 g/mol. The van der Waals surface area contributed by atoms with E-state index in [2.05, 4.69) is 23.7 Å². The summed E-state index contributed by atoms with van der Waals surface area (Å²) in [4.78, 5) is 2.56. The van der Waals surface area contributed by atoms with Crippen molar-refractivity contribution in [3.8, 4) is 0 Å². The first-order valence-corrected chi connectivity index (χ1v) is 5.94. The minimum Gasteiger partial charge on any atom is -0.317 e. The minimum atomic E-state index is 0.874. The Morgan fingerprint density at radius 3 is 2.79 bits per heavy atom. The van der Waals surface area contributed by atoms with E-state index >= 15 is 0 Å². The molecule has 1 rings (SSSR count). The number of nitrogens with one attached hydrogen (secondary N) is 1. The SMILES string of the molecule is C=CCN(CCCNCCC)C1CC1. The molecule has 0 amide bonds. The van der Waals surface area contributed by atoms with Crippen molar-refractivity contribution in [2.45, 2.75) is 38.6 Å². The van der Waals surface area contributed by atoms with Crippen molar-refractivity contribution in [3.05, 3.63) is 12.7 Å². The molecule has 2 heteroatoms. The lowest BCUT2D eigenvalue weighted by molar-refractivity contribution is 0.287. The van der Waals surface area contributed by atoms with Gasteiger partial charge in [-0.15, -0.1) is 6.58 Å². The van der Waals surface area contributed by atoms with Gasteiger partial charge in [0.2, 0.25) is 0 Å². The third kappa shape index (κ3) is 4.77. The highest BCUT2D eigenvalue weighted by molar-refractivity contribution is 4.88. The summed E-state index contributed by atoms with van der Waals surface area (Å²) in [5.74, 6) is 0. The molecule has 1 saturated carbocycles. The molecule has 0 bridgehead atoms. The van der Waals surface area contributed by atoms with Gasteiger partial charge in [0, 0.05) is 12.6 Å². The van der Waals surface area contributed by atoms with Crippen LogP contribution in [0.1, 0.15) is 32.6 Å². The quantitative estimate of drug-likeness (QED) is 0.448. The Morgan fingerprint density at radius 1 is 1.43 bits per heavy atom. The Morgan fingerprint density at radius 2 is 2.21 bits per heavy atom. The van der Waals surface area contributed by atoms with Gasteiger partial charge in [-0.05, 0) is 45.3 Å². The summed E-state index contributed by atoms with van der Waals surface area (Å²) < 4.78 is 0. The lowest BCUT2D eigenvalue weighted by Crippen LogP contribution is -2.29. The Balaban J connectivity index is 1.98. The van der Waals surface area contributed by atoms with Gasteiger partial charge in [-0.2, -0.15) is 0 Å². The molecule has 0 radical (unpaired) electrons. The van der Waals surface area contributed by atoms with Crippen LogP contribution in [0.5, 0.6) is 0 Å². The predicted octanol–water partition coefficient (Wildman–Crippen LogP) is 2.03. The maximum absolute atomic E-state index is 3.81. The Labute approximate surface area is 88.4 Å². The summed E-state index contributed by atoms with van der Waals surface area (Å²) >= 11 is 0. The van der Waals surface area contributed by atoms with E-state index in [4.69, 9.17) is 0 Å². The van der Waals surface area contributed by atoms with Crippen molar-refractivity contribution in [3.63, 3.8) is 0 Å². The van der Waals surface area contributed by atoms with E-state index in [1.807, 2.05) is 6.08 Å². The van der Waals surface area contributed by atoms with Crippen LogP contribution in [-0.2, 0) is 0 Å².